The highest BCUT2D eigenvalue weighted by atomic mass is 16.6. The van der Waals surface area contributed by atoms with Gasteiger partial charge in [0, 0.05) is 17.1 Å². The second-order valence-corrected chi connectivity index (χ2v) is 7.11. The van der Waals surface area contributed by atoms with E-state index in [1.54, 1.807) is 18.2 Å². The van der Waals surface area contributed by atoms with Crippen LogP contribution >= 0.6 is 0 Å². The number of hydrogen-bond donors (Lipinski definition) is 0. The number of nitrogens with zero attached hydrogens (tertiary/aromatic N) is 2. The molecule has 1 aromatic heterocycles. The summed E-state index contributed by atoms with van der Waals surface area (Å²) in [5.41, 5.74) is 5.80. The van der Waals surface area contributed by atoms with Gasteiger partial charge in [0.2, 0.25) is 0 Å². The smallest absolute Gasteiger partial charge is 0.277 e. The molecule has 0 bridgehead atoms. The third-order valence-corrected chi connectivity index (χ3v) is 5.30. The Morgan fingerprint density at radius 1 is 0.667 bits per heavy atom. The second-order valence-electron chi connectivity index (χ2n) is 7.11. The normalized spacial score (nSPS) is 10.9. The number of para-hydroxylation sites is 2. The summed E-state index contributed by atoms with van der Waals surface area (Å²) < 4.78 is 2.21. The van der Waals surface area contributed by atoms with Crippen LogP contribution in [0.15, 0.2) is 109 Å². The number of aromatic nitrogens is 1. The van der Waals surface area contributed by atoms with E-state index >= 15 is 0 Å². The van der Waals surface area contributed by atoms with Gasteiger partial charge in [0.25, 0.3) is 5.69 Å². The Bertz CT molecular complexity index is 1360. The van der Waals surface area contributed by atoms with Gasteiger partial charge in [-0.25, -0.2) is 0 Å². The van der Waals surface area contributed by atoms with Gasteiger partial charge in [-0.2, -0.15) is 0 Å². The third kappa shape index (κ3) is 3.05. The molecule has 4 nitrogen and oxygen atoms in total. The number of benzene rings is 4. The van der Waals surface area contributed by atoms with Crippen LogP contribution in [-0.2, 0) is 0 Å². The molecule has 5 aromatic rings. The first-order chi connectivity index (χ1) is 14.7. The molecule has 0 spiro atoms. The van der Waals surface area contributed by atoms with Crippen molar-refractivity contribution >= 4 is 16.6 Å². The fraction of sp³-hybridized carbons (Fsp3) is 0. The first kappa shape index (κ1) is 17.9. The van der Waals surface area contributed by atoms with Crippen molar-refractivity contribution in [1.82, 2.24) is 4.57 Å². The summed E-state index contributed by atoms with van der Waals surface area (Å²) in [5.74, 6) is 0. The Morgan fingerprint density at radius 2 is 1.33 bits per heavy atom. The van der Waals surface area contributed by atoms with Gasteiger partial charge < -0.3 is 4.57 Å². The number of nitro benzene ring substituents is 1. The summed E-state index contributed by atoms with van der Waals surface area (Å²) in [6, 6.07) is 35.5. The quantitative estimate of drug-likeness (QED) is 0.248. The molecule has 30 heavy (non-hydrogen) atoms. The lowest BCUT2D eigenvalue weighted by Gasteiger charge is -2.12. The number of nitro groups is 1. The largest absolute Gasteiger partial charge is 0.309 e. The van der Waals surface area contributed by atoms with Crippen LogP contribution in [0.2, 0.25) is 0 Å². The Balaban J connectivity index is 1.80. The first-order valence-electron chi connectivity index (χ1n) is 9.72. The van der Waals surface area contributed by atoms with Gasteiger partial charge in [0.15, 0.2) is 0 Å². The van der Waals surface area contributed by atoms with Gasteiger partial charge in [-0.15, -0.1) is 0 Å². The van der Waals surface area contributed by atoms with Crippen LogP contribution in [0, 0.1) is 10.1 Å². The lowest BCUT2D eigenvalue weighted by molar-refractivity contribution is -0.384. The maximum atomic E-state index is 11.5. The summed E-state index contributed by atoms with van der Waals surface area (Å²) in [7, 11) is 0. The third-order valence-electron chi connectivity index (χ3n) is 5.30. The average Bonchev–Trinajstić information content (AvgIpc) is 3.19. The molecule has 0 aliphatic rings. The Kier molecular flexibility index (Phi) is 4.37. The number of hydrogen-bond acceptors (Lipinski definition) is 2. The Hall–Kier alpha value is -4.18. The van der Waals surface area contributed by atoms with Crippen molar-refractivity contribution in [2.24, 2.45) is 0 Å². The van der Waals surface area contributed by atoms with Gasteiger partial charge >= 0.3 is 0 Å². The van der Waals surface area contributed by atoms with Crippen LogP contribution in [-0.4, -0.2) is 9.49 Å². The predicted molar refractivity (Wildman–Crippen MR) is 121 cm³/mol. The average molecular weight is 390 g/mol. The lowest BCUT2D eigenvalue weighted by Crippen LogP contribution is -1.97. The topological polar surface area (TPSA) is 48.1 Å². The molecule has 0 atom stereocenters. The maximum Gasteiger partial charge on any atom is 0.277 e. The van der Waals surface area contributed by atoms with E-state index in [1.807, 2.05) is 60.7 Å². The van der Waals surface area contributed by atoms with Crippen molar-refractivity contribution in [2.75, 3.05) is 0 Å². The monoisotopic (exact) mass is 390 g/mol. The van der Waals surface area contributed by atoms with Crippen LogP contribution in [0.5, 0.6) is 0 Å². The molecule has 0 radical (unpaired) electrons. The van der Waals surface area contributed by atoms with Crippen molar-refractivity contribution in [3.8, 4) is 28.1 Å². The predicted octanol–water partition coefficient (Wildman–Crippen LogP) is 6.87. The molecule has 0 saturated carbocycles. The number of rotatable bonds is 4. The fourth-order valence-electron chi connectivity index (χ4n) is 3.92. The first-order valence-corrected chi connectivity index (χ1v) is 9.72. The van der Waals surface area contributed by atoms with Crippen LogP contribution < -0.4 is 0 Å². The van der Waals surface area contributed by atoms with Crippen LogP contribution in [0.1, 0.15) is 0 Å². The van der Waals surface area contributed by atoms with E-state index in [2.05, 4.69) is 34.9 Å². The van der Waals surface area contributed by atoms with Crippen molar-refractivity contribution in [3.05, 3.63) is 119 Å². The van der Waals surface area contributed by atoms with Crippen molar-refractivity contribution in [1.29, 1.82) is 0 Å². The van der Waals surface area contributed by atoms with Crippen LogP contribution in [0.4, 0.5) is 5.69 Å². The summed E-state index contributed by atoms with van der Waals surface area (Å²) in [5, 5.41) is 12.6. The van der Waals surface area contributed by atoms with Gasteiger partial charge in [-0.3, -0.25) is 10.1 Å². The van der Waals surface area contributed by atoms with E-state index in [1.165, 1.54) is 0 Å². The second kappa shape index (κ2) is 7.33. The Morgan fingerprint density at radius 3 is 2.07 bits per heavy atom. The van der Waals surface area contributed by atoms with Crippen LogP contribution in [0.3, 0.4) is 0 Å². The van der Waals surface area contributed by atoms with Gasteiger partial charge in [-0.1, -0.05) is 72.8 Å². The molecule has 0 N–H and O–H groups in total. The van der Waals surface area contributed by atoms with Crippen molar-refractivity contribution < 1.29 is 4.92 Å². The van der Waals surface area contributed by atoms with Gasteiger partial charge in [0.05, 0.1) is 21.7 Å². The zero-order chi connectivity index (χ0) is 20.5. The zero-order valence-corrected chi connectivity index (χ0v) is 16.1. The highest BCUT2D eigenvalue weighted by Gasteiger charge is 2.17. The highest BCUT2D eigenvalue weighted by molar-refractivity contribution is 5.93. The standard InChI is InChI=1S/C26H18N2O2/c29-28(30)24-14-8-7-13-23(24)20-15-16-21-18-25(19-9-3-1-4-10-19)27(26(21)17-20)22-11-5-2-6-12-22/h1-18H. The molecular formula is C26H18N2O2. The molecule has 4 heteroatoms. The SMILES string of the molecule is O=[N+]([O-])c1ccccc1-c1ccc2cc(-c3ccccc3)n(-c3ccccc3)c2c1. The van der Waals surface area contributed by atoms with E-state index < -0.39 is 0 Å². The maximum absolute atomic E-state index is 11.5. The number of fused-ring (bicyclic) bond motifs is 1. The summed E-state index contributed by atoms with van der Waals surface area (Å²) >= 11 is 0. The van der Waals surface area contributed by atoms with Gasteiger partial charge in [0.1, 0.15) is 0 Å². The molecule has 144 valence electrons. The highest BCUT2D eigenvalue weighted by Crippen LogP contribution is 2.36. The van der Waals surface area contributed by atoms with Crippen LogP contribution in [0.25, 0.3) is 39.0 Å². The van der Waals surface area contributed by atoms with Crippen molar-refractivity contribution in [3.63, 3.8) is 0 Å². The van der Waals surface area contributed by atoms with E-state index in [4.69, 9.17) is 0 Å². The Labute approximate surface area is 173 Å². The molecule has 1 heterocycles. The molecule has 4 aromatic carbocycles. The van der Waals surface area contributed by atoms with E-state index in [0.717, 1.165) is 33.4 Å². The van der Waals surface area contributed by atoms with E-state index in [-0.39, 0.29) is 10.6 Å². The summed E-state index contributed by atoms with van der Waals surface area (Å²) in [6.45, 7) is 0. The van der Waals surface area contributed by atoms with Gasteiger partial charge in [-0.05, 0) is 41.5 Å². The molecular weight excluding hydrogens is 372 g/mol. The molecule has 0 saturated heterocycles. The minimum atomic E-state index is -0.328. The minimum absolute atomic E-state index is 0.109. The zero-order valence-electron chi connectivity index (χ0n) is 16.1. The van der Waals surface area contributed by atoms with Crippen molar-refractivity contribution in [2.45, 2.75) is 0 Å². The molecule has 0 amide bonds. The molecule has 0 aliphatic heterocycles. The fourth-order valence-corrected chi connectivity index (χ4v) is 3.92. The minimum Gasteiger partial charge on any atom is -0.309 e. The summed E-state index contributed by atoms with van der Waals surface area (Å²) in [4.78, 5) is 11.2. The lowest BCUT2D eigenvalue weighted by atomic mass is 10.0. The molecule has 0 aliphatic carbocycles. The van der Waals surface area contributed by atoms with E-state index in [9.17, 15) is 10.1 Å². The molecule has 0 unspecified atom stereocenters. The molecule has 0 fully saturated rings. The van der Waals surface area contributed by atoms with E-state index in [0.29, 0.717) is 5.56 Å². The molecule has 5 rings (SSSR count). The summed E-state index contributed by atoms with van der Waals surface area (Å²) in [6.07, 6.45) is 0.